The fourth-order valence-electron chi connectivity index (χ4n) is 2.25. The summed E-state index contributed by atoms with van der Waals surface area (Å²) in [5, 5.41) is 24.6. The molecule has 0 aliphatic heterocycles. The average molecular weight is 496 g/mol. The normalized spacial score (nSPS) is 14.2. The SMILES string of the molecule is NC(N)=NCCCC(NC(=O)C(N)CS)C(=O)NC(CS)C(=O)NC(CC(=O)O)C(=O)O. The number of hydrogen-bond acceptors (Lipinski definition) is 9. The van der Waals surface area contributed by atoms with E-state index in [0.717, 1.165) is 0 Å². The lowest BCUT2D eigenvalue weighted by Gasteiger charge is -2.24. The minimum atomic E-state index is -1.71. The fraction of sp³-hybridized carbons (Fsp3) is 0.625. The molecule has 3 amide bonds. The third kappa shape index (κ3) is 11.6. The molecular weight excluding hydrogens is 466 g/mol. The number of rotatable bonds is 15. The molecule has 32 heavy (non-hydrogen) atoms. The van der Waals surface area contributed by atoms with E-state index in [2.05, 4.69) is 40.9 Å². The minimum absolute atomic E-state index is 0.0238. The molecule has 0 rings (SSSR count). The molecule has 0 aromatic carbocycles. The van der Waals surface area contributed by atoms with Crippen molar-refractivity contribution in [3.63, 3.8) is 0 Å². The Balaban J connectivity index is 5.28. The molecule has 0 saturated carbocycles. The number of aliphatic imine (C=N–C) groups is 1. The van der Waals surface area contributed by atoms with Gasteiger partial charge in [0.25, 0.3) is 0 Å². The van der Waals surface area contributed by atoms with Crippen LogP contribution in [0.15, 0.2) is 4.99 Å². The summed E-state index contributed by atoms with van der Waals surface area (Å²) in [4.78, 5) is 62.8. The summed E-state index contributed by atoms with van der Waals surface area (Å²) in [6.07, 6.45) is -0.478. The number of carbonyl (C=O) groups is 5. The second kappa shape index (κ2) is 15.1. The van der Waals surface area contributed by atoms with Crippen molar-refractivity contribution in [2.24, 2.45) is 22.2 Å². The molecule has 0 radical (unpaired) electrons. The highest BCUT2D eigenvalue weighted by Crippen LogP contribution is 2.03. The van der Waals surface area contributed by atoms with E-state index in [-0.39, 0.29) is 30.4 Å². The van der Waals surface area contributed by atoms with Crippen LogP contribution in [-0.2, 0) is 24.0 Å². The summed E-state index contributed by atoms with van der Waals surface area (Å²) in [5.74, 6) is -5.73. The summed E-state index contributed by atoms with van der Waals surface area (Å²) < 4.78 is 0. The first kappa shape index (κ1) is 29.3. The first-order valence-electron chi connectivity index (χ1n) is 9.31. The Labute approximate surface area is 194 Å². The number of amides is 3. The molecule has 11 N–H and O–H groups in total. The molecule has 0 saturated heterocycles. The smallest absolute Gasteiger partial charge is 0.326 e. The molecule has 14 nitrogen and oxygen atoms in total. The van der Waals surface area contributed by atoms with E-state index in [1.807, 2.05) is 5.32 Å². The van der Waals surface area contributed by atoms with Gasteiger partial charge in [-0.1, -0.05) is 0 Å². The Kier molecular flexibility index (Phi) is 13.9. The summed E-state index contributed by atoms with van der Waals surface area (Å²) in [6, 6.07) is -5.12. The number of hydrogen-bond donors (Lipinski definition) is 10. The molecule has 4 atom stereocenters. The van der Waals surface area contributed by atoms with Crippen LogP contribution in [0.2, 0.25) is 0 Å². The molecule has 0 aliphatic carbocycles. The van der Waals surface area contributed by atoms with Crippen LogP contribution < -0.4 is 33.2 Å². The van der Waals surface area contributed by atoms with Crippen molar-refractivity contribution < 1.29 is 34.2 Å². The van der Waals surface area contributed by atoms with Crippen LogP contribution in [0, 0.1) is 0 Å². The van der Waals surface area contributed by atoms with Gasteiger partial charge in [0.15, 0.2) is 5.96 Å². The first-order valence-corrected chi connectivity index (χ1v) is 10.6. The lowest BCUT2D eigenvalue weighted by molar-refractivity contribution is -0.147. The molecule has 0 fully saturated rings. The largest absolute Gasteiger partial charge is 0.481 e. The van der Waals surface area contributed by atoms with E-state index < -0.39 is 60.2 Å². The van der Waals surface area contributed by atoms with E-state index >= 15 is 0 Å². The lowest BCUT2D eigenvalue weighted by atomic mass is 10.1. The highest BCUT2D eigenvalue weighted by molar-refractivity contribution is 7.80. The van der Waals surface area contributed by atoms with Crippen LogP contribution in [-0.4, -0.2) is 88.1 Å². The Morgan fingerprint density at radius 1 is 0.844 bits per heavy atom. The second-order valence-corrected chi connectivity index (χ2v) is 7.27. The number of carboxylic acid groups (broad SMARTS) is 2. The van der Waals surface area contributed by atoms with Gasteiger partial charge in [0, 0.05) is 18.1 Å². The van der Waals surface area contributed by atoms with Gasteiger partial charge < -0.3 is 43.4 Å². The Morgan fingerprint density at radius 3 is 1.84 bits per heavy atom. The Hall–Kier alpha value is -2.72. The Morgan fingerprint density at radius 2 is 1.38 bits per heavy atom. The van der Waals surface area contributed by atoms with E-state index in [0.29, 0.717) is 6.42 Å². The van der Waals surface area contributed by atoms with Gasteiger partial charge in [0.1, 0.15) is 18.1 Å². The van der Waals surface area contributed by atoms with Crippen molar-refractivity contribution in [3.05, 3.63) is 0 Å². The van der Waals surface area contributed by atoms with Crippen molar-refractivity contribution in [2.75, 3.05) is 18.1 Å². The molecule has 0 spiro atoms. The monoisotopic (exact) mass is 495 g/mol. The average Bonchev–Trinajstić information content (AvgIpc) is 2.71. The van der Waals surface area contributed by atoms with Crippen molar-refractivity contribution in [2.45, 2.75) is 43.4 Å². The maximum atomic E-state index is 12.7. The third-order valence-electron chi connectivity index (χ3n) is 3.92. The number of carboxylic acids is 2. The summed E-state index contributed by atoms with van der Waals surface area (Å²) in [6.45, 7) is 0.173. The van der Waals surface area contributed by atoms with E-state index in [9.17, 15) is 24.0 Å². The summed E-state index contributed by atoms with van der Waals surface area (Å²) in [7, 11) is 0. The molecule has 0 aliphatic rings. The zero-order chi connectivity index (χ0) is 24.8. The van der Waals surface area contributed by atoms with Crippen LogP contribution in [0.25, 0.3) is 0 Å². The molecule has 16 heteroatoms. The predicted molar refractivity (Wildman–Crippen MR) is 121 cm³/mol. The van der Waals surface area contributed by atoms with Crippen LogP contribution in [0.1, 0.15) is 19.3 Å². The van der Waals surface area contributed by atoms with Gasteiger partial charge in [-0.2, -0.15) is 25.3 Å². The number of nitrogens with zero attached hydrogens (tertiary/aromatic N) is 1. The number of nitrogens with one attached hydrogen (secondary N) is 3. The quantitative estimate of drug-likeness (QED) is 0.0459. The number of thiol groups is 2. The van der Waals surface area contributed by atoms with Gasteiger partial charge in [-0.15, -0.1) is 0 Å². The maximum absolute atomic E-state index is 12.7. The van der Waals surface area contributed by atoms with Gasteiger partial charge in [-0.05, 0) is 12.8 Å². The highest BCUT2D eigenvalue weighted by atomic mass is 32.1. The van der Waals surface area contributed by atoms with Crippen molar-refractivity contribution >= 4 is 60.9 Å². The van der Waals surface area contributed by atoms with Crippen molar-refractivity contribution in [3.8, 4) is 0 Å². The summed E-state index contributed by atoms with van der Waals surface area (Å²) in [5.41, 5.74) is 16.1. The van der Waals surface area contributed by atoms with Gasteiger partial charge >= 0.3 is 11.9 Å². The maximum Gasteiger partial charge on any atom is 0.326 e. The Bertz CT molecular complexity index is 719. The zero-order valence-corrected chi connectivity index (χ0v) is 18.9. The molecule has 0 aromatic rings. The minimum Gasteiger partial charge on any atom is -0.481 e. The van der Waals surface area contributed by atoms with Gasteiger partial charge in [0.2, 0.25) is 17.7 Å². The highest BCUT2D eigenvalue weighted by Gasteiger charge is 2.30. The summed E-state index contributed by atoms with van der Waals surface area (Å²) >= 11 is 7.89. The van der Waals surface area contributed by atoms with Gasteiger partial charge in [-0.25, -0.2) is 4.79 Å². The lowest BCUT2D eigenvalue weighted by Crippen LogP contribution is -2.58. The number of aliphatic carboxylic acids is 2. The van der Waals surface area contributed by atoms with E-state index in [1.54, 1.807) is 0 Å². The zero-order valence-electron chi connectivity index (χ0n) is 17.1. The van der Waals surface area contributed by atoms with Gasteiger partial charge in [-0.3, -0.25) is 24.2 Å². The molecular formula is C16H29N7O7S2. The first-order chi connectivity index (χ1) is 14.9. The molecule has 0 heterocycles. The van der Waals surface area contributed by atoms with E-state index in [4.69, 9.17) is 27.4 Å². The molecule has 182 valence electrons. The van der Waals surface area contributed by atoms with Crippen LogP contribution in [0.3, 0.4) is 0 Å². The number of nitrogens with two attached hydrogens (primary N) is 3. The molecule has 0 bridgehead atoms. The van der Waals surface area contributed by atoms with Crippen LogP contribution >= 0.6 is 25.3 Å². The second-order valence-electron chi connectivity index (χ2n) is 6.54. The number of carbonyl (C=O) groups excluding carboxylic acids is 3. The van der Waals surface area contributed by atoms with Crippen LogP contribution in [0.4, 0.5) is 0 Å². The van der Waals surface area contributed by atoms with Crippen molar-refractivity contribution in [1.82, 2.24) is 16.0 Å². The van der Waals surface area contributed by atoms with Gasteiger partial charge in [0.05, 0.1) is 12.5 Å². The third-order valence-corrected chi connectivity index (χ3v) is 4.68. The van der Waals surface area contributed by atoms with E-state index in [1.165, 1.54) is 0 Å². The predicted octanol–water partition coefficient (Wildman–Crippen LogP) is -3.76. The molecule has 4 unspecified atom stereocenters. The topological polar surface area (TPSA) is 252 Å². The van der Waals surface area contributed by atoms with Crippen molar-refractivity contribution in [1.29, 1.82) is 0 Å². The standard InChI is InChI=1S/C16H29N7O7S2/c17-7(5-31)12(26)21-8(2-1-3-20-16(18)19)13(27)23-10(6-32)14(28)22-9(15(29)30)4-11(24)25/h7-10,31-32H,1-6,17H2,(H,21,26)(H,22,28)(H,23,27)(H,24,25)(H,29,30)(H4,18,19,20). The van der Waals surface area contributed by atoms with Crippen LogP contribution in [0.5, 0.6) is 0 Å². The number of guanidine groups is 1. The fourth-order valence-corrected chi connectivity index (χ4v) is 2.67. The molecule has 0 aromatic heterocycles.